The van der Waals surface area contributed by atoms with Crippen LogP contribution in [0.3, 0.4) is 0 Å². The van der Waals surface area contributed by atoms with Gasteiger partial charge in [0.05, 0.1) is 22.7 Å². The molecule has 0 aliphatic carbocycles. The van der Waals surface area contributed by atoms with E-state index in [1.54, 1.807) is 19.9 Å². The van der Waals surface area contributed by atoms with Gasteiger partial charge in [0.1, 0.15) is 0 Å². The first kappa shape index (κ1) is 15.2. The molecule has 8 heteroatoms. The second-order valence-electron chi connectivity index (χ2n) is 4.54. The van der Waals surface area contributed by atoms with Crippen molar-refractivity contribution in [3.63, 3.8) is 0 Å². The molecule has 0 saturated carbocycles. The summed E-state index contributed by atoms with van der Waals surface area (Å²) >= 11 is 0. The lowest BCUT2D eigenvalue weighted by molar-refractivity contribution is 0.0696. The standard InChI is InChI=1S/C13H14N2O5S/c1-8-3-4-10(13(16)17)6-12(8)21(18,19)14-7-11-5-9(2)15-20-11/h3-6,14H,7H2,1-2H3,(H,16,17). The third-order valence-corrected chi connectivity index (χ3v) is 4.38. The Labute approximate surface area is 121 Å². The average molecular weight is 310 g/mol. The fourth-order valence-corrected chi connectivity index (χ4v) is 3.03. The van der Waals surface area contributed by atoms with Crippen LogP contribution in [0.2, 0.25) is 0 Å². The fraction of sp³-hybridized carbons (Fsp3) is 0.231. The Bertz CT molecular complexity index is 780. The fourth-order valence-electron chi connectivity index (χ4n) is 1.77. The van der Waals surface area contributed by atoms with Crippen molar-refractivity contribution in [1.82, 2.24) is 9.88 Å². The van der Waals surface area contributed by atoms with Crippen LogP contribution >= 0.6 is 0 Å². The second kappa shape index (κ2) is 5.66. The van der Waals surface area contributed by atoms with Crippen LogP contribution in [-0.4, -0.2) is 24.7 Å². The molecule has 0 fully saturated rings. The zero-order valence-corrected chi connectivity index (χ0v) is 12.3. The van der Waals surface area contributed by atoms with E-state index >= 15 is 0 Å². The highest BCUT2D eigenvalue weighted by molar-refractivity contribution is 7.89. The molecular formula is C13H14N2O5S. The lowest BCUT2D eigenvalue weighted by Gasteiger charge is -2.09. The van der Waals surface area contributed by atoms with Crippen LogP contribution in [0.25, 0.3) is 0 Å². The van der Waals surface area contributed by atoms with Crippen molar-refractivity contribution < 1.29 is 22.8 Å². The molecular weight excluding hydrogens is 296 g/mol. The number of nitrogens with one attached hydrogen (secondary N) is 1. The number of benzene rings is 1. The molecule has 21 heavy (non-hydrogen) atoms. The Morgan fingerprint density at radius 2 is 2.05 bits per heavy atom. The summed E-state index contributed by atoms with van der Waals surface area (Å²) in [6, 6.07) is 5.56. The van der Waals surface area contributed by atoms with E-state index in [1.807, 2.05) is 0 Å². The zero-order valence-electron chi connectivity index (χ0n) is 11.5. The third kappa shape index (κ3) is 3.47. The lowest BCUT2D eigenvalue weighted by atomic mass is 10.1. The molecule has 0 saturated heterocycles. The van der Waals surface area contributed by atoms with Gasteiger partial charge in [0.25, 0.3) is 0 Å². The van der Waals surface area contributed by atoms with Gasteiger partial charge in [0.2, 0.25) is 10.0 Å². The number of hydrogen-bond acceptors (Lipinski definition) is 5. The molecule has 2 N–H and O–H groups in total. The number of carboxylic acids is 1. The Morgan fingerprint density at radius 1 is 1.33 bits per heavy atom. The molecule has 2 aromatic rings. The number of carboxylic acid groups (broad SMARTS) is 1. The van der Waals surface area contributed by atoms with Gasteiger partial charge in [-0.15, -0.1) is 0 Å². The molecule has 0 unspecified atom stereocenters. The van der Waals surface area contributed by atoms with Crippen LogP contribution < -0.4 is 4.72 Å². The highest BCUT2D eigenvalue weighted by Gasteiger charge is 2.19. The van der Waals surface area contributed by atoms with E-state index in [0.717, 1.165) is 6.07 Å². The smallest absolute Gasteiger partial charge is 0.335 e. The first-order chi connectivity index (χ1) is 9.79. The minimum absolute atomic E-state index is 0.0556. The number of sulfonamides is 1. The number of nitrogens with zero attached hydrogens (tertiary/aromatic N) is 1. The average Bonchev–Trinajstić information content (AvgIpc) is 2.82. The molecule has 1 heterocycles. The van der Waals surface area contributed by atoms with Crippen molar-refractivity contribution in [1.29, 1.82) is 0 Å². The highest BCUT2D eigenvalue weighted by atomic mass is 32.2. The maximum absolute atomic E-state index is 12.2. The molecule has 2 rings (SSSR count). The summed E-state index contributed by atoms with van der Waals surface area (Å²) in [6.45, 7) is 3.26. The number of rotatable bonds is 5. The van der Waals surface area contributed by atoms with E-state index in [2.05, 4.69) is 9.88 Å². The molecule has 0 aliphatic heterocycles. The van der Waals surface area contributed by atoms with Crippen LogP contribution in [0, 0.1) is 13.8 Å². The predicted molar refractivity (Wildman–Crippen MR) is 73.4 cm³/mol. The van der Waals surface area contributed by atoms with Crippen molar-refractivity contribution in [2.24, 2.45) is 0 Å². The Balaban J connectivity index is 2.26. The highest BCUT2D eigenvalue weighted by Crippen LogP contribution is 2.17. The molecule has 1 aromatic carbocycles. The first-order valence-electron chi connectivity index (χ1n) is 6.05. The van der Waals surface area contributed by atoms with Crippen molar-refractivity contribution in [2.75, 3.05) is 0 Å². The molecule has 0 radical (unpaired) electrons. The van der Waals surface area contributed by atoms with Gasteiger partial charge in [-0.1, -0.05) is 11.2 Å². The van der Waals surface area contributed by atoms with E-state index in [9.17, 15) is 13.2 Å². The number of carbonyl (C=O) groups is 1. The van der Waals surface area contributed by atoms with Gasteiger partial charge in [0, 0.05) is 6.07 Å². The molecule has 1 aromatic heterocycles. The first-order valence-corrected chi connectivity index (χ1v) is 7.54. The summed E-state index contributed by atoms with van der Waals surface area (Å²) < 4.78 is 31.8. The predicted octanol–water partition coefficient (Wildman–Crippen LogP) is 1.47. The lowest BCUT2D eigenvalue weighted by Crippen LogP contribution is -2.24. The van der Waals surface area contributed by atoms with Crippen molar-refractivity contribution in [3.05, 3.63) is 46.8 Å². The topological polar surface area (TPSA) is 110 Å². The molecule has 0 aliphatic rings. The largest absolute Gasteiger partial charge is 0.478 e. The van der Waals surface area contributed by atoms with Gasteiger partial charge >= 0.3 is 5.97 Å². The molecule has 0 atom stereocenters. The van der Waals surface area contributed by atoms with Crippen LogP contribution in [0.4, 0.5) is 0 Å². The maximum Gasteiger partial charge on any atom is 0.335 e. The SMILES string of the molecule is Cc1cc(CNS(=O)(=O)c2cc(C(=O)O)ccc2C)on1. The van der Waals surface area contributed by atoms with Gasteiger partial charge in [-0.2, -0.15) is 0 Å². The molecule has 0 amide bonds. The summed E-state index contributed by atoms with van der Waals surface area (Å²) in [4.78, 5) is 10.9. The second-order valence-corrected chi connectivity index (χ2v) is 6.28. The minimum atomic E-state index is -3.84. The summed E-state index contributed by atoms with van der Waals surface area (Å²) in [5, 5.41) is 12.6. The number of aryl methyl sites for hydroxylation is 2. The van der Waals surface area contributed by atoms with Crippen LogP contribution in [0.5, 0.6) is 0 Å². The van der Waals surface area contributed by atoms with E-state index in [4.69, 9.17) is 9.63 Å². The van der Waals surface area contributed by atoms with E-state index in [0.29, 0.717) is 17.0 Å². The van der Waals surface area contributed by atoms with Gasteiger partial charge in [-0.25, -0.2) is 17.9 Å². The minimum Gasteiger partial charge on any atom is -0.478 e. The van der Waals surface area contributed by atoms with Crippen LogP contribution in [0.1, 0.15) is 27.4 Å². The molecule has 112 valence electrons. The van der Waals surface area contributed by atoms with Gasteiger partial charge in [-0.05, 0) is 31.5 Å². The Hall–Kier alpha value is -2.19. The van der Waals surface area contributed by atoms with Crippen LogP contribution in [0.15, 0.2) is 33.7 Å². The van der Waals surface area contributed by atoms with E-state index in [-0.39, 0.29) is 17.0 Å². The normalized spacial score (nSPS) is 11.5. The van der Waals surface area contributed by atoms with Gasteiger partial charge in [0.15, 0.2) is 5.76 Å². The van der Waals surface area contributed by atoms with Crippen LogP contribution in [-0.2, 0) is 16.6 Å². The summed E-state index contributed by atoms with van der Waals surface area (Å²) in [7, 11) is -3.84. The number of aromatic nitrogens is 1. The monoisotopic (exact) mass is 310 g/mol. The summed E-state index contributed by atoms with van der Waals surface area (Å²) in [5.41, 5.74) is 1.02. The number of hydrogen-bond donors (Lipinski definition) is 2. The Kier molecular flexibility index (Phi) is 4.10. The molecule has 7 nitrogen and oxygen atoms in total. The van der Waals surface area contributed by atoms with Gasteiger partial charge < -0.3 is 9.63 Å². The van der Waals surface area contributed by atoms with Crippen molar-refractivity contribution in [2.45, 2.75) is 25.3 Å². The third-order valence-electron chi connectivity index (χ3n) is 2.84. The molecule has 0 bridgehead atoms. The molecule has 0 spiro atoms. The van der Waals surface area contributed by atoms with Gasteiger partial charge in [-0.3, -0.25) is 0 Å². The summed E-state index contributed by atoms with van der Waals surface area (Å²) in [5.74, 6) is -0.805. The van der Waals surface area contributed by atoms with E-state index in [1.165, 1.54) is 12.1 Å². The quantitative estimate of drug-likeness (QED) is 0.865. The Morgan fingerprint density at radius 3 is 2.62 bits per heavy atom. The van der Waals surface area contributed by atoms with Crippen molar-refractivity contribution in [3.8, 4) is 0 Å². The zero-order chi connectivity index (χ0) is 15.6. The van der Waals surface area contributed by atoms with E-state index < -0.39 is 16.0 Å². The maximum atomic E-state index is 12.2. The van der Waals surface area contributed by atoms with Crippen molar-refractivity contribution >= 4 is 16.0 Å². The summed E-state index contributed by atoms with van der Waals surface area (Å²) in [6.07, 6.45) is 0. The number of aromatic carboxylic acids is 1.